The van der Waals surface area contributed by atoms with E-state index in [1.807, 2.05) is 0 Å². The van der Waals surface area contributed by atoms with Crippen LogP contribution in [0.4, 0.5) is 0 Å². The fourth-order valence-corrected chi connectivity index (χ4v) is 2.00. The molecule has 1 rings (SSSR count). The summed E-state index contributed by atoms with van der Waals surface area (Å²) in [4.78, 5) is 26.1. The second-order valence-electron chi connectivity index (χ2n) is 4.78. The predicted molar refractivity (Wildman–Crippen MR) is 68.0 cm³/mol. The average Bonchev–Trinajstić information content (AvgIpc) is 2.25. The number of carbonyl (C=O) groups is 2. The fraction of sp³-hybridized carbons (Fsp3) is 0.833. The zero-order chi connectivity index (χ0) is 12.8. The fourth-order valence-electron chi connectivity index (χ4n) is 1.80. The molecule has 0 radical (unpaired) electrons. The molecule has 1 saturated carbocycles. The summed E-state index contributed by atoms with van der Waals surface area (Å²) in [6.45, 7) is 0.902. The van der Waals surface area contributed by atoms with Crippen LogP contribution in [0.15, 0.2) is 0 Å². The first-order valence-electron chi connectivity index (χ1n) is 6.08. The minimum atomic E-state index is -0.215. The number of amides is 2. The van der Waals surface area contributed by atoms with E-state index < -0.39 is 0 Å². The molecule has 98 valence electrons. The molecule has 0 saturated heterocycles. The monoisotopic (exact) mass is 260 g/mol. The maximum absolute atomic E-state index is 11.8. The molecule has 1 aliphatic rings. The number of hydrogen-bond donors (Lipinski definition) is 0. The lowest BCUT2D eigenvalue weighted by Gasteiger charge is -2.28. The Bertz CT molecular complexity index is 280. The van der Waals surface area contributed by atoms with E-state index in [1.54, 1.807) is 19.0 Å². The van der Waals surface area contributed by atoms with Crippen LogP contribution in [0.1, 0.15) is 25.7 Å². The lowest BCUT2D eigenvalue weighted by atomic mass is 9.83. The Labute approximate surface area is 108 Å². The molecular weight excluding hydrogens is 240 g/mol. The standard InChI is InChI=1S/C12H21ClN2O2/c1-14(7-6-10-4-3-5-10)12(17)9-15(2)11(16)8-13/h10H,3-9H2,1-2H3. The summed E-state index contributed by atoms with van der Waals surface area (Å²) in [6.07, 6.45) is 5.00. The molecule has 0 aromatic carbocycles. The summed E-state index contributed by atoms with van der Waals surface area (Å²) in [7, 11) is 3.39. The maximum atomic E-state index is 11.8. The topological polar surface area (TPSA) is 40.6 Å². The highest BCUT2D eigenvalue weighted by atomic mass is 35.5. The van der Waals surface area contributed by atoms with Gasteiger partial charge in [-0.15, -0.1) is 11.6 Å². The smallest absolute Gasteiger partial charge is 0.241 e. The third-order valence-corrected chi connectivity index (χ3v) is 3.66. The summed E-state index contributed by atoms with van der Waals surface area (Å²) in [5.41, 5.74) is 0. The zero-order valence-corrected chi connectivity index (χ0v) is 11.4. The minimum Gasteiger partial charge on any atom is -0.344 e. The van der Waals surface area contributed by atoms with Gasteiger partial charge >= 0.3 is 0 Å². The molecule has 0 bridgehead atoms. The van der Waals surface area contributed by atoms with Crippen LogP contribution in [-0.2, 0) is 9.59 Å². The Kier molecular flexibility index (Phi) is 5.75. The summed E-state index contributed by atoms with van der Waals surface area (Å²) in [5, 5.41) is 0. The number of rotatable bonds is 6. The van der Waals surface area contributed by atoms with Gasteiger partial charge < -0.3 is 9.80 Å². The molecule has 0 N–H and O–H groups in total. The van der Waals surface area contributed by atoms with Gasteiger partial charge in [-0.05, 0) is 12.3 Å². The molecule has 2 amide bonds. The largest absolute Gasteiger partial charge is 0.344 e. The first-order valence-corrected chi connectivity index (χ1v) is 6.62. The van der Waals surface area contributed by atoms with Crippen LogP contribution in [0.2, 0.25) is 0 Å². The van der Waals surface area contributed by atoms with E-state index in [9.17, 15) is 9.59 Å². The minimum absolute atomic E-state index is 0.0229. The third-order valence-electron chi connectivity index (χ3n) is 3.44. The Morgan fingerprint density at radius 2 is 1.82 bits per heavy atom. The van der Waals surface area contributed by atoms with Crippen molar-refractivity contribution in [3.8, 4) is 0 Å². The Morgan fingerprint density at radius 3 is 2.29 bits per heavy atom. The van der Waals surface area contributed by atoms with Crippen molar-refractivity contribution in [3.05, 3.63) is 0 Å². The molecule has 0 aromatic heterocycles. The Morgan fingerprint density at radius 1 is 1.18 bits per heavy atom. The van der Waals surface area contributed by atoms with E-state index >= 15 is 0 Å². The van der Waals surface area contributed by atoms with Crippen LogP contribution in [-0.4, -0.2) is 54.7 Å². The van der Waals surface area contributed by atoms with Crippen molar-refractivity contribution in [3.63, 3.8) is 0 Å². The van der Waals surface area contributed by atoms with Crippen LogP contribution in [0.25, 0.3) is 0 Å². The first kappa shape index (κ1) is 14.3. The summed E-state index contributed by atoms with van der Waals surface area (Å²) < 4.78 is 0. The van der Waals surface area contributed by atoms with Crippen molar-refractivity contribution in [2.45, 2.75) is 25.7 Å². The normalized spacial score (nSPS) is 15.2. The summed E-state index contributed by atoms with van der Waals surface area (Å²) >= 11 is 5.42. The van der Waals surface area contributed by atoms with Gasteiger partial charge in [-0.1, -0.05) is 19.3 Å². The molecule has 17 heavy (non-hydrogen) atoms. The molecule has 0 aliphatic heterocycles. The van der Waals surface area contributed by atoms with Crippen LogP contribution in [0.3, 0.4) is 0 Å². The van der Waals surface area contributed by atoms with Crippen molar-refractivity contribution in [1.82, 2.24) is 9.80 Å². The lowest BCUT2D eigenvalue weighted by molar-refractivity contribution is -0.137. The van der Waals surface area contributed by atoms with E-state index in [4.69, 9.17) is 11.6 Å². The van der Waals surface area contributed by atoms with Gasteiger partial charge in [0.15, 0.2) is 0 Å². The highest BCUT2D eigenvalue weighted by molar-refractivity contribution is 6.27. The number of likely N-dealkylation sites (N-methyl/N-ethyl adjacent to an activating group) is 2. The first-order chi connectivity index (χ1) is 8.04. The second kappa shape index (κ2) is 6.84. The predicted octanol–water partition coefficient (Wildman–Crippen LogP) is 1.33. The average molecular weight is 261 g/mol. The van der Waals surface area contributed by atoms with Gasteiger partial charge in [0.1, 0.15) is 5.88 Å². The molecule has 0 heterocycles. The van der Waals surface area contributed by atoms with Gasteiger partial charge in [-0.2, -0.15) is 0 Å². The Balaban J connectivity index is 2.22. The number of nitrogens with zero attached hydrogens (tertiary/aromatic N) is 2. The summed E-state index contributed by atoms with van der Waals surface area (Å²) in [6, 6.07) is 0. The van der Waals surface area contributed by atoms with E-state index in [1.165, 1.54) is 24.2 Å². The van der Waals surface area contributed by atoms with Gasteiger partial charge in [0.25, 0.3) is 0 Å². The van der Waals surface area contributed by atoms with Gasteiger partial charge in [-0.25, -0.2) is 0 Å². The van der Waals surface area contributed by atoms with Crippen LogP contribution >= 0.6 is 11.6 Å². The molecule has 0 spiro atoms. The van der Waals surface area contributed by atoms with Gasteiger partial charge in [0.2, 0.25) is 11.8 Å². The quantitative estimate of drug-likeness (QED) is 0.676. The van der Waals surface area contributed by atoms with Crippen LogP contribution in [0.5, 0.6) is 0 Å². The summed E-state index contributed by atoms with van der Waals surface area (Å²) in [5.74, 6) is 0.486. The highest BCUT2D eigenvalue weighted by Gasteiger charge is 2.20. The lowest BCUT2D eigenvalue weighted by Crippen LogP contribution is -2.40. The van der Waals surface area contributed by atoms with E-state index in [2.05, 4.69) is 0 Å². The molecular formula is C12H21ClN2O2. The van der Waals surface area contributed by atoms with Crippen molar-refractivity contribution >= 4 is 23.4 Å². The molecule has 5 heteroatoms. The number of alkyl halides is 1. The van der Waals surface area contributed by atoms with Crippen molar-refractivity contribution in [2.75, 3.05) is 33.1 Å². The SMILES string of the molecule is CN(CCC1CCC1)C(=O)CN(C)C(=O)CCl. The molecule has 1 aliphatic carbocycles. The van der Waals surface area contributed by atoms with Crippen LogP contribution < -0.4 is 0 Å². The number of halogens is 1. The number of carbonyl (C=O) groups excluding carboxylic acids is 2. The van der Waals surface area contributed by atoms with Gasteiger partial charge in [0.05, 0.1) is 6.54 Å². The van der Waals surface area contributed by atoms with E-state index in [0.717, 1.165) is 18.9 Å². The molecule has 4 nitrogen and oxygen atoms in total. The van der Waals surface area contributed by atoms with Crippen molar-refractivity contribution < 1.29 is 9.59 Å². The second-order valence-corrected chi connectivity index (χ2v) is 5.05. The maximum Gasteiger partial charge on any atom is 0.241 e. The van der Waals surface area contributed by atoms with Crippen LogP contribution in [0, 0.1) is 5.92 Å². The van der Waals surface area contributed by atoms with Crippen molar-refractivity contribution in [1.29, 1.82) is 0 Å². The third kappa shape index (κ3) is 4.54. The van der Waals surface area contributed by atoms with Gasteiger partial charge in [0, 0.05) is 20.6 Å². The van der Waals surface area contributed by atoms with E-state index in [0.29, 0.717) is 0 Å². The molecule has 0 atom stereocenters. The molecule has 0 unspecified atom stereocenters. The zero-order valence-electron chi connectivity index (χ0n) is 10.6. The Hall–Kier alpha value is -0.770. The molecule has 0 aromatic rings. The molecule has 1 fully saturated rings. The highest BCUT2D eigenvalue weighted by Crippen LogP contribution is 2.29. The van der Waals surface area contributed by atoms with E-state index in [-0.39, 0.29) is 24.2 Å². The van der Waals surface area contributed by atoms with Gasteiger partial charge in [-0.3, -0.25) is 9.59 Å². The number of hydrogen-bond acceptors (Lipinski definition) is 2. The van der Waals surface area contributed by atoms with Crippen molar-refractivity contribution in [2.24, 2.45) is 5.92 Å².